The molecule has 0 saturated carbocycles. The first-order valence-electron chi connectivity index (χ1n) is 11.3. The predicted molar refractivity (Wildman–Crippen MR) is 148 cm³/mol. The number of nitrogens with zero attached hydrogens (tertiary/aromatic N) is 1. The smallest absolute Gasteiger partial charge is 0.264 e. The molecule has 0 aliphatic carbocycles. The summed E-state index contributed by atoms with van der Waals surface area (Å²) < 4.78 is 11.7. The fraction of sp³-hybridized carbons (Fsp3) is 0.103. The van der Waals surface area contributed by atoms with Gasteiger partial charge in [-0.1, -0.05) is 66.2 Å². The second kappa shape index (κ2) is 10.5. The third-order valence-corrected chi connectivity index (χ3v) is 7.18. The van der Waals surface area contributed by atoms with Crippen LogP contribution in [0.3, 0.4) is 0 Å². The van der Waals surface area contributed by atoms with Gasteiger partial charge >= 0.3 is 0 Å². The molecule has 5 rings (SSSR count). The van der Waals surface area contributed by atoms with Crippen LogP contribution in [0.4, 0.5) is 5.69 Å². The quantitative estimate of drug-likeness (QED) is 0.275. The summed E-state index contributed by atoms with van der Waals surface area (Å²) >= 11 is 7.48. The molecule has 180 valence electrons. The van der Waals surface area contributed by atoms with Crippen LogP contribution in [-0.2, 0) is 11.4 Å². The number of aliphatic imine (C=N–C) groups is 1. The molecule has 1 fully saturated rings. The Morgan fingerprint density at radius 2 is 1.81 bits per heavy atom. The van der Waals surface area contributed by atoms with E-state index in [1.165, 1.54) is 17.1 Å². The van der Waals surface area contributed by atoms with E-state index < -0.39 is 0 Å². The van der Waals surface area contributed by atoms with Crippen LogP contribution in [0.15, 0.2) is 88.8 Å². The summed E-state index contributed by atoms with van der Waals surface area (Å²) in [5.74, 6) is 1.03. The Kier molecular flexibility index (Phi) is 6.98. The van der Waals surface area contributed by atoms with Crippen LogP contribution in [0.2, 0.25) is 5.02 Å². The molecule has 1 aliphatic heterocycles. The Bertz CT molecular complexity index is 1530. The monoisotopic (exact) mass is 514 g/mol. The molecule has 4 aromatic rings. The molecule has 0 atom stereocenters. The van der Waals surface area contributed by atoms with Gasteiger partial charge in [-0.2, -0.15) is 0 Å². The van der Waals surface area contributed by atoms with E-state index in [2.05, 4.69) is 34.6 Å². The Morgan fingerprint density at radius 1 is 1.00 bits per heavy atom. The van der Waals surface area contributed by atoms with Gasteiger partial charge in [0.2, 0.25) is 0 Å². The Hall–Kier alpha value is -3.74. The van der Waals surface area contributed by atoms with Crippen molar-refractivity contribution in [3.05, 3.63) is 105 Å². The zero-order chi connectivity index (χ0) is 25.1. The number of fused-ring (bicyclic) bond motifs is 1. The molecule has 7 heteroatoms. The van der Waals surface area contributed by atoms with E-state index in [0.717, 1.165) is 27.8 Å². The molecule has 0 bridgehead atoms. The van der Waals surface area contributed by atoms with Crippen molar-refractivity contribution < 1.29 is 14.3 Å². The minimum absolute atomic E-state index is 0.200. The number of hydrogen-bond donors (Lipinski definition) is 1. The summed E-state index contributed by atoms with van der Waals surface area (Å²) in [5.41, 5.74) is 3.51. The van der Waals surface area contributed by atoms with Crippen LogP contribution in [-0.4, -0.2) is 18.2 Å². The van der Waals surface area contributed by atoms with Crippen molar-refractivity contribution >= 4 is 57.0 Å². The zero-order valence-electron chi connectivity index (χ0n) is 19.7. The molecule has 1 amide bonds. The molecule has 1 saturated heterocycles. The average molecular weight is 515 g/mol. The lowest BCUT2D eigenvalue weighted by Gasteiger charge is -2.13. The number of rotatable bonds is 6. The Morgan fingerprint density at radius 3 is 2.67 bits per heavy atom. The van der Waals surface area contributed by atoms with E-state index in [1.54, 1.807) is 7.11 Å². The molecule has 36 heavy (non-hydrogen) atoms. The molecule has 0 aromatic heterocycles. The van der Waals surface area contributed by atoms with E-state index in [0.29, 0.717) is 33.2 Å². The first-order valence-corrected chi connectivity index (χ1v) is 12.5. The van der Waals surface area contributed by atoms with Crippen LogP contribution < -0.4 is 14.8 Å². The standard InChI is InChI=1S/C29H23ClN2O3S/c1-18-23(30)11-6-12-24(18)31-29-32-28(33)27(36-29)16-19-13-14-25(26(15-19)34-2)35-17-21-9-5-8-20-7-3-4-10-22(20)21/h3-16H,17H2,1-2H3,(H,31,32,33)/b27-16-. The lowest BCUT2D eigenvalue weighted by atomic mass is 10.1. The van der Waals surface area contributed by atoms with Gasteiger partial charge in [-0.15, -0.1) is 0 Å². The molecule has 1 N–H and O–H groups in total. The summed E-state index contributed by atoms with van der Waals surface area (Å²) in [6.07, 6.45) is 1.81. The molecule has 1 aliphatic rings. The molecule has 0 spiro atoms. The lowest BCUT2D eigenvalue weighted by Crippen LogP contribution is -2.19. The number of benzene rings is 4. The largest absolute Gasteiger partial charge is 0.493 e. The minimum atomic E-state index is -0.200. The first-order chi connectivity index (χ1) is 17.5. The van der Waals surface area contributed by atoms with Crippen LogP contribution in [0.1, 0.15) is 16.7 Å². The maximum absolute atomic E-state index is 12.6. The first kappa shape index (κ1) is 24.0. The van der Waals surface area contributed by atoms with Crippen LogP contribution in [0, 0.1) is 6.92 Å². The number of methoxy groups -OCH3 is 1. The van der Waals surface area contributed by atoms with Crippen molar-refractivity contribution in [2.45, 2.75) is 13.5 Å². The molecule has 5 nitrogen and oxygen atoms in total. The van der Waals surface area contributed by atoms with Crippen LogP contribution >= 0.6 is 23.4 Å². The van der Waals surface area contributed by atoms with Gasteiger partial charge in [0.1, 0.15) is 6.61 Å². The number of nitrogens with one attached hydrogen (secondary N) is 1. The third-order valence-electron chi connectivity index (χ3n) is 5.86. The van der Waals surface area contributed by atoms with Gasteiger partial charge in [-0.05, 0) is 76.5 Å². The highest BCUT2D eigenvalue weighted by atomic mass is 35.5. The lowest BCUT2D eigenvalue weighted by molar-refractivity contribution is -0.115. The van der Waals surface area contributed by atoms with E-state index in [-0.39, 0.29) is 5.91 Å². The number of ether oxygens (including phenoxy) is 2. The van der Waals surface area contributed by atoms with Gasteiger partial charge in [-0.25, -0.2) is 4.99 Å². The van der Waals surface area contributed by atoms with Crippen molar-refractivity contribution in [2.24, 2.45) is 4.99 Å². The van der Waals surface area contributed by atoms with Crippen molar-refractivity contribution in [1.29, 1.82) is 0 Å². The molecular weight excluding hydrogens is 492 g/mol. The van der Waals surface area contributed by atoms with Gasteiger partial charge < -0.3 is 14.8 Å². The van der Waals surface area contributed by atoms with Crippen molar-refractivity contribution in [1.82, 2.24) is 5.32 Å². The third kappa shape index (κ3) is 5.10. The zero-order valence-corrected chi connectivity index (χ0v) is 21.3. The Labute approximate surface area is 218 Å². The van der Waals surface area contributed by atoms with E-state index in [1.807, 2.05) is 67.6 Å². The van der Waals surface area contributed by atoms with E-state index in [9.17, 15) is 4.79 Å². The van der Waals surface area contributed by atoms with Crippen molar-refractivity contribution in [2.75, 3.05) is 7.11 Å². The van der Waals surface area contributed by atoms with Crippen molar-refractivity contribution in [3.8, 4) is 11.5 Å². The number of halogens is 1. The number of carbonyl (C=O) groups is 1. The van der Waals surface area contributed by atoms with Gasteiger partial charge in [0, 0.05) is 5.02 Å². The fourth-order valence-electron chi connectivity index (χ4n) is 3.93. The minimum Gasteiger partial charge on any atom is -0.493 e. The highest BCUT2D eigenvalue weighted by molar-refractivity contribution is 8.18. The summed E-state index contributed by atoms with van der Waals surface area (Å²) in [6.45, 7) is 2.31. The normalized spacial score (nSPS) is 15.5. The highest BCUT2D eigenvalue weighted by Gasteiger charge is 2.24. The molecule has 4 aromatic carbocycles. The number of amides is 1. The van der Waals surface area contributed by atoms with Gasteiger partial charge in [-0.3, -0.25) is 4.79 Å². The Balaban J connectivity index is 1.34. The summed E-state index contributed by atoms with van der Waals surface area (Å²) in [4.78, 5) is 17.7. The molecular formula is C29H23ClN2O3S. The SMILES string of the molecule is COc1cc(/C=C2\SC(=Nc3cccc(Cl)c3C)NC2=O)ccc1OCc1cccc2ccccc12. The topological polar surface area (TPSA) is 59.9 Å². The van der Waals surface area contributed by atoms with Crippen LogP contribution in [0.5, 0.6) is 11.5 Å². The number of carbonyl (C=O) groups excluding carboxylic acids is 1. The van der Waals surface area contributed by atoms with E-state index in [4.69, 9.17) is 21.1 Å². The fourth-order valence-corrected chi connectivity index (χ4v) is 4.93. The summed E-state index contributed by atoms with van der Waals surface area (Å²) in [6, 6.07) is 25.6. The second-order valence-corrected chi connectivity index (χ2v) is 9.64. The maximum Gasteiger partial charge on any atom is 0.264 e. The number of hydrogen-bond acceptors (Lipinski definition) is 5. The molecule has 0 radical (unpaired) electrons. The second-order valence-electron chi connectivity index (χ2n) is 8.20. The molecule has 0 unspecified atom stereocenters. The van der Waals surface area contributed by atoms with Gasteiger partial charge in [0.25, 0.3) is 5.91 Å². The highest BCUT2D eigenvalue weighted by Crippen LogP contribution is 2.34. The molecule has 1 heterocycles. The number of amidine groups is 1. The van der Waals surface area contributed by atoms with Crippen LogP contribution in [0.25, 0.3) is 16.8 Å². The van der Waals surface area contributed by atoms with Crippen molar-refractivity contribution in [3.63, 3.8) is 0 Å². The maximum atomic E-state index is 12.6. The summed E-state index contributed by atoms with van der Waals surface area (Å²) in [5, 5.41) is 6.30. The number of thioether (sulfide) groups is 1. The van der Waals surface area contributed by atoms with E-state index >= 15 is 0 Å². The average Bonchev–Trinajstić information content (AvgIpc) is 3.24. The predicted octanol–water partition coefficient (Wildman–Crippen LogP) is 7.28. The summed E-state index contributed by atoms with van der Waals surface area (Å²) in [7, 11) is 1.60. The van der Waals surface area contributed by atoms with Gasteiger partial charge in [0.15, 0.2) is 16.7 Å². The van der Waals surface area contributed by atoms with Gasteiger partial charge in [0.05, 0.1) is 17.7 Å².